The molecule has 0 amide bonds. The average molecular weight is 712 g/mol. The van der Waals surface area contributed by atoms with Gasteiger partial charge in [-0.15, -0.1) is 23.5 Å². The fourth-order valence-electron chi connectivity index (χ4n) is 7.91. The smallest absolute Gasteiger partial charge is 0.0505 e. The number of aryl methyl sites for hydroxylation is 1. The van der Waals surface area contributed by atoms with Gasteiger partial charge in [-0.25, -0.2) is 0 Å². The van der Waals surface area contributed by atoms with Gasteiger partial charge >= 0.3 is 0 Å². The molecule has 0 atom stereocenters. The third-order valence-electron chi connectivity index (χ3n) is 10.9. The van der Waals surface area contributed by atoms with E-state index in [1.54, 1.807) is 0 Å². The quantitative estimate of drug-likeness (QED) is 0.0786. The molecule has 5 aromatic rings. The Kier molecular flexibility index (Phi) is 12.1. The Bertz CT molecular complexity index is 1910. The summed E-state index contributed by atoms with van der Waals surface area (Å²) < 4.78 is 0. The summed E-state index contributed by atoms with van der Waals surface area (Å²) in [5.74, 6) is 2.34. The molecule has 1 nitrogen and oxygen atoms in total. The first-order chi connectivity index (χ1) is 24.6. The topological polar surface area (TPSA) is 3.24 Å². The van der Waals surface area contributed by atoms with E-state index >= 15 is 0 Å². The number of anilines is 3. The lowest BCUT2D eigenvalue weighted by Crippen LogP contribution is -2.32. The molecule has 3 heteroatoms. The SMILES string of the molecule is CCCCCSc1ccc(Cc2ccccc2)c(C(C)(C)c2cc3c(cc2C)C(C)(C)c2cc(SCCCCC)ccc2N3c2ccccc2)c1. The van der Waals surface area contributed by atoms with E-state index in [0.717, 1.165) is 6.42 Å². The summed E-state index contributed by atoms with van der Waals surface area (Å²) in [5, 5.41) is 0. The first-order valence-electron chi connectivity index (χ1n) is 19.2. The summed E-state index contributed by atoms with van der Waals surface area (Å²) in [7, 11) is 0. The second kappa shape index (κ2) is 16.5. The van der Waals surface area contributed by atoms with Crippen LogP contribution in [0.1, 0.15) is 119 Å². The lowest BCUT2D eigenvalue weighted by molar-refractivity contribution is 0.611. The molecule has 0 radical (unpaired) electrons. The molecule has 6 rings (SSSR count). The van der Waals surface area contributed by atoms with Crippen LogP contribution in [0.4, 0.5) is 17.1 Å². The van der Waals surface area contributed by atoms with Crippen LogP contribution in [-0.2, 0) is 17.3 Å². The Hall–Kier alpha value is -3.40. The zero-order valence-electron chi connectivity index (χ0n) is 32.0. The molecule has 1 heterocycles. The van der Waals surface area contributed by atoms with Crippen LogP contribution in [0.25, 0.3) is 0 Å². The molecule has 0 bridgehead atoms. The molecule has 0 aliphatic carbocycles. The van der Waals surface area contributed by atoms with E-state index < -0.39 is 0 Å². The summed E-state index contributed by atoms with van der Waals surface area (Å²) in [4.78, 5) is 5.29. The zero-order chi connectivity index (χ0) is 36.0. The predicted octanol–water partition coefficient (Wildman–Crippen LogP) is 14.6. The first kappa shape index (κ1) is 37.4. The van der Waals surface area contributed by atoms with Gasteiger partial charge in [0.1, 0.15) is 0 Å². The molecule has 0 saturated carbocycles. The van der Waals surface area contributed by atoms with Gasteiger partial charge in [-0.05, 0) is 125 Å². The number of hydrogen-bond acceptors (Lipinski definition) is 3. The first-order valence-corrected chi connectivity index (χ1v) is 21.2. The highest BCUT2D eigenvalue weighted by molar-refractivity contribution is 7.99. The standard InChI is InChI=1S/C48H57NS2/c1-8-10-18-28-50-39-25-24-37(31-36-20-14-12-15-21-36)42(32-39)47(4,5)41-34-46-43(30-35(41)3)48(6,7)44-33-40(51-29-19-11-9-2)26-27-45(44)49(46)38-22-16-13-17-23-38/h12-17,20-27,30,32-34H,8-11,18-19,28-29,31H2,1-7H3. The Labute approximate surface area is 317 Å². The number of thioether (sulfide) groups is 2. The minimum atomic E-state index is -0.213. The van der Waals surface area contributed by atoms with Gasteiger partial charge in [-0.2, -0.15) is 0 Å². The maximum atomic E-state index is 2.54. The number of rotatable bonds is 15. The van der Waals surface area contributed by atoms with Gasteiger partial charge < -0.3 is 4.90 Å². The van der Waals surface area contributed by atoms with Crippen molar-refractivity contribution < 1.29 is 0 Å². The van der Waals surface area contributed by atoms with Crippen LogP contribution < -0.4 is 4.90 Å². The highest BCUT2D eigenvalue weighted by atomic mass is 32.2. The van der Waals surface area contributed by atoms with E-state index in [1.165, 1.54) is 116 Å². The summed E-state index contributed by atoms with van der Waals surface area (Å²) in [6.45, 7) is 16.7. The van der Waals surface area contributed by atoms with E-state index in [4.69, 9.17) is 0 Å². The fourth-order valence-corrected chi connectivity index (χ4v) is 9.81. The highest BCUT2D eigenvalue weighted by Crippen LogP contribution is 2.54. The maximum Gasteiger partial charge on any atom is 0.0505 e. The van der Waals surface area contributed by atoms with E-state index in [-0.39, 0.29) is 10.8 Å². The summed E-state index contributed by atoms with van der Waals surface area (Å²) >= 11 is 4.02. The van der Waals surface area contributed by atoms with Crippen molar-refractivity contribution in [1.82, 2.24) is 0 Å². The number of fused-ring (bicyclic) bond motifs is 2. The molecular weight excluding hydrogens is 655 g/mol. The second-order valence-corrected chi connectivity index (χ2v) is 17.7. The van der Waals surface area contributed by atoms with Gasteiger partial charge in [0.2, 0.25) is 0 Å². The molecule has 266 valence electrons. The Morgan fingerprint density at radius 1 is 0.608 bits per heavy atom. The molecular formula is C48H57NS2. The van der Waals surface area contributed by atoms with Gasteiger partial charge in [-0.1, -0.05) is 128 Å². The third kappa shape index (κ3) is 8.16. The molecule has 0 fully saturated rings. The molecule has 1 aliphatic heterocycles. The Morgan fingerprint density at radius 3 is 1.84 bits per heavy atom. The number of hydrogen-bond donors (Lipinski definition) is 0. The normalized spacial score (nSPS) is 13.6. The van der Waals surface area contributed by atoms with E-state index in [9.17, 15) is 0 Å². The lowest BCUT2D eigenvalue weighted by Gasteiger charge is -2.44. The van der Waals surface area contributed by atoms with Crippen LogP contribution in [0.15, 0.2) is 119 Å². The third-order valence-corrected chi connectivity index (χ3v) is 13.0. The van der Waals surface area contributed by atoms with E-state index in [0.29, 0.717) is 0 Å². The highest BCUT2D eigenvalue weighted by Gasteiger charge is 2.39. The molecule has 0 saturated heterocycles. The van der Waals surface area contributed by atoms with Gasteiger partial charge in [0.05, 0.1) is 11.4 Å². The maximum absolute atomic E-state index is 2.54. The van der Waals surface area contributed by atoms with Gasteiger partial charge in [-0.3, -0.25) is 0 Å². The Morgan fingerprint density at radius 2 is 1.20 bits per heavy atom. The van der Waals surface area contributed by atoms with Gasteiger partial charge in [0.25, 0.3) is 0 Å². The van der Waals surface area contributed by atoms with Crippen molar-refractivity contribution in [3.05, 3.63) is 148 Å². The van der Waals surface area contributed by atoms with Crippen LogP contribution in [0.5, 0.6) is 0 Å². The Balaban J connectivity index is 1.47. The van der Waals surface area contributed by atoms with Crippen molar-refractivity contribution in [1.29, 1.82) is 0 Å². The van der Waals surface area contributed by atoms with Crippen LogP contribution in [0.2, 0.25) is 0 Å². The fraction of sp³-hybridized carbons (Fsp3) is 0.375. The molecule has 0 spiro atoms. The minimum Gasteiger partial charge on any atom is -0.310 e. The number of benzene rings is 5. The summed E-state index contributed by atoms with van der Waals surface area (Å²) in [6.07, 6.45) is 8.57. The molecule has 0 N–H and O–H groups in total. The van der Waals surface area contributed by atoms with Crippen molar-refractivity contribution in [2.24, 2.45) is 0 Å². The molecule has 5 aromatic carbocycles. The van der Waals surface area contributed by atoms with Gasteiger partial charge in [0, 0.05) is 26.3 Å². The monoisotopic (exact) mass is 711 g/mol. The van der Waals surface area contributed by atoms with Crippen LogP contribution in [0, 0.1) is 6.92 Å². The van der Waals surface area contributed by atoms with Crippen LogP contribution >= 0.6 is 23.5 Å². The van der Waals surface area contributed by atoms with Crippen LogP contribution in [-0.4, -0.2) is 11.5 Å². The molecule has 1 aliphatic rings. The molecule has 51 heavy (non-hydrogen) atoms. The number of nitrogens with zero attached hydrogens (tertiary/aromatic N) is 1. The van der Waals surface area contributed by atoms with Crippen molar-refractivity contribution in [3.63, 3.8) is 0 Å². The average Bonchev–Trinajstić information content (AvgIpc) is 3.13. The summed E-state index contributed by atoms with van der Waals surface area (Å²) in [5.41, 5.74) is 13.2. The lowest BCUT2D eigenvalue weighted by atomic mass is 9.69. The van der Waals surface area contributed by atoms with E-state index in [2.05, 4.69) is 163 Å². The summed E-state index contributed by atoms with van der Waals surface area (Å²) in [6, 6.07) is 41.5. The largest absolute Gasteiger partial charge is 0.310 e. The van der Waals surface area contributed by atoms with Gasteiger partial charge in [0.15, 0.2) is 0 Å². The van der Waals surface area contributed by atoms with E-state index in [1.807, 2.05) is 23.5 Å². The van der Waals surface area contributed by atoms with Crippen molar-refractivity contribution in [2.45, 2.75) is 114 Å². The zero-order valence-corrected chi connectivity index (χ0v) is 33.7. The van der Waals surface area contributed by atoms with Crippen molar-refractivity contribution >= 4 is 40.6 Å². The number of para-hydroxylation sites is 1. The molecule has 0 aromatic heterocycles. The second-order valence-electron chi connectivity index (χ2n) is 15.4. The number of unbranched alkanes of at least 4 members (excludes halogenated alkanes) is 4. The molecule has 0 unspecified atom stereocenters. The van der Waals surface area contributed by atoms with Crippen molar-refractivity contribution in [3.8, 4) is 0 Å². The van der Waals surface area contributed by atoms with Crippen molar-refractivity contribution in [2.75, 3.05) is 16.4 Å². The van der Waals surface area contributed by atoms with Crippen LogP contribution in [0.3, 0.4) is 0 Å². The minimum absolute atomic E-state index is 0.142. The predicted molar refractivity (Wildman–Crippen MR) is 226 cm³/mol.